The van der Waals surface area contributed by atoms with Gasteiger partial charge < -0.3 is 15.3 Å². The molecule has 0 fully saturated rings. The van der Waals surface area contributed by atoms with Crippen molar-refractivity contribution >= 4 is 25.3 Å². The normalized spacial score (nSPS) is 9.50. The molecule has 0 spiro atoms. The smallest absolute Gasteiger partial charge is 0.237 e. The van der Waals surface area contributed by atoms with Gasteiger partial charge in [0.2, 0.25) is 22.8 Å². The zero-order valence-electron chi connectivity index (χ0n) is 9.05. The Labute approximate surface area is 113 Å². The predicted molar refractivity (Wildman–Crippen MR) is 66.1 cm³/mol. The highest BCUT2D eigenvalue weighted by atomic mass is 32.1. The van der Waals surface area contributed by atoms with Gasteiger partial charge in [-0.3, -0.25) is 0 Å². The lowest BCUT2D eigenvalue weighted by molar-refractivity contribution is 0.411. The quantitative estimate of drug-likeness (QED) is 0.347. The molecule has 0 unspecified atom stereocenters. The highest BCUT2D eigenvalue weighted by molar-refractivity contribution is 7.80. The minimum absolute atomic E-state index is 0.0486. The summed E-state index contributed by atoms with van der Waals surface area (Å²) in [5.41, 5.74) is 0.410. The molecular weight excluding hydrogens is 278 g/mol. The van der Waals surface area contributed by atoms with E-state index in [1.807, 2.05) is 0 Å². The highest BCUT2D eigenvalue weighted by Gasteiger charge is 1.98. The van der Waals surface area contributed by atoms with Gasteiger partial charge in [0.1, 0.15) is 5.69 Å². The Hall–Kier alpha value is -1.81. The molecule has 0 radical (unpaired) electrons. The summed E-state index contributed by atoms with van der Waals surface area (Å²) in [5, 5.41) is 33.4. The van der Waals surface area contributed by atoms with Crippen molar-refractivity contribution in [3.8, 4) is 17.6 Å². The van der Waals surface area contributed by atoms with Crippen molar-refractivity contribution in [2.24, 2.45) is 0 Å². The van der Waals surface area contributed by atoms with Crippen LogP contribution in [0.3, 0.4) is 0 Å². The molecule has 8 nitrogen and oxygen atoms in total. The number of aromatic hydroxyl groups is 3. The van der Waals surface area contributed by atoms with Gasteiger partial charge in [0, 0.05) is 0 Å². The molecule has 0 aliphatic heterocycles. The Morgan fingerprint density at radius 2 is 1.44 bits per heavy atom. The molecule has 10 heteroatoms. The second-order valence-corrected chi connectivity index (χ2v) is 3.71. The van der Waals surface area contributed by atoms with Crippen LogP contribution in [0, 0.1) is 6.92 Å². The minimum atomic E-state index is -0.285. The number of thiol groups is 2. The van der Waals surface area contributed by atoms with Gasteiger partial charge in [-0.1, -0.05) is 0 Å². The molecule has 0 saturated heterocycles. The lowest BCUT2D eigenvalue weighted by atomic mass is 10.5. The molecule has 2 rings (SSSR count). The van der Waals surface area contributed by atoms with Crippen LogP contribution in [0.1, 0.15) is 5.69 Å². The standard InChI is InChI=1S/C4H5N3OS.C4H4N2O2S/c1-2-3(8)5-4(9)7-6-2;7-2-1-3(8)6-4(9)5-2/h1H3,(H2,5,7,8,9);1H,(H3,5,6,7,8,9). The molecule has 0 aromatic carbocycles. The predicted octanol–water partition coefficient (Wildman–Crippen LogP) is 0.351. The van der Waals surface area contributed by atoms with Crippen molar-refractivity contribution in [2.75, 3.05) is 0 Å². The average molecular weight is 287 g/mol. The number of aromatic nitrogens is 5. The van der Waals surface area contributed by atoms with Crippen molar-refractivity contribution in [1.29, 1.82) is 0 Å². The van der Waals surface area contributed by atoms with E-state index in [1.165, 1.54) is 0 Å². The fraction of sp³-hybridized carbons (Fsp3) is 0.125. The molecule has 96 valence electrons. The lowest BCUT2D eigenvalue weighted by Crippen LogP contribution is -1.91. The van der Waals surface area contributed by atoms with E-state index >= 15 is 0 Å². The molecule has 0 bridgehead atoms. The van der Waals surface area contributed by atoms with Gasteiger partial charge >= 0.3 is 0 Å². The maximum atomic E-state index is 8.84. The van der Waals surface area contributed by atoms with Crippen LogP contribution in [-0.2, 0) is 0 Å². The van der Waals surface area contributed by atoms with E-state index in [4.69, 9.17) is 15.3 Å². The lowest BCUT2D eigenvalue weighted by Gasteiger charge is -1.92. The third-order valence-corrected chi connectivity index (χ3v) is 1.90. The summed E-state index contributed by atoms with van der Waals surface area (Å²) in [5.74, 6) is -0.685. The van der Waals surface area contributed by atoms with Crippen LogP contribution in [0.4, 0.5) is 0 Å². The Bertz CT molecular complexity index is 504. The molecule has 2 aromatic heterocycles. The highest BCUT2D eigenvalue weighted by Crippen LogP contribution is 2.13. The SMILES string of the molecule is Cc1nnc(S)nc1O.Oc1cc(O)nc(S)n1. The first-order chi connectivity index (χ1) is 8.38. The van der Waals surface area contributed by atoms with E-state index in [9.17, 15) is 0 Å². The number of rotatable bonds is 0. The molecule has 0 aliphatic rings. The van der Waals surface area contributed by atoms with Crippen LogP contribution >= 0.6 is 25.3 Å². The maximum absolute atomic E-state index is 8.84. The van der Waals surface area contributed by atoms with Gasteiger partial charge in [0.25, 0.3) is 0 Å². The zero-order chi connectivity index (χ0) is 13.7. The van der Waals surface area contributed by atoms with E-state index in [1.54, 1.807) is 6.92 Å². The first kappa shape index (κ1) is 14.3. The number of hydrogen-bond donors (Lipinski definition) is 5. The molecule has 0 atom stereocenters. The van der Waals surface area contributed by atoms with Gasteiger partial charge in [0.05, 0.1) is 6.07 Å². The summed E-state index contributed by atoms with van der Waals surface area (Å²) in [6, 6.07) is 1.03. The fourth-order valence-electron chi connectivity index (χ4n) is 0.772. The van der Waals surface area contributed by atoms with Crippen molar-refractivity contribution in [2.45, 2.75) is 17.2 Å². The molecule has 3 N–H and O–H groups in total. The fourth-order valence-corrected chi connectivity index (χ4v) is 1.12. The first-order valence-corrected chi connectivity index (χ1v) is 5.33. The monoisotopic (exact) mass is 287 g/mol. The van der Waals surface area contributed by atoms with Crippen LogP contribution in [-0.4, -0.2) is 40.5 Å². The van der Waals surface area contributed by atoms with Crippen LogP contribution < -0.4 is 0 Å². The summed E-state index contributed by atoms with van der Waals surface area (Å²) in [6.45, 7) is 1.61. The number of aryl methyl sites for hydroxylation is 1. The first-order valence-electron chi connectivity index (χ1n) is 4.43. The summed E-state index contributed by atoms with van der Waals surface area (Å²) < 4.78 is 0. The van der Waals surface area contributed by atoms with Gasteiger partial charge in [0.15, 0.2) is 5.16 Å². The minimum Gasteiger partial charge on any atom is -0.493 e. The molecular formula is C8H9N5O3S2. The zero-order valence-corrected chi connectivity index (χ0v) is 10.8. The van der Waals surface area contributed by atoms with E-state index < -0.39 is 0 Å². The maximum Gasteiger partial charge on any atom is 0.237 e. The van der Waals surface area contributed by atoms with Crippen molar-refractivity contribution in [1.82, 2.24) is 25.1 Å². The second-order valence-electron chi connectivity index (χ2n) is 2.91. The molecule has 0 saturated carbocycles. The molecule has 18 heavy (non-hydrogen) atoms. The molecule has 2 aromatic rings. The average Bonchev–Trinajstić information content (AvgIpc) is 2.23. The van der Waals surface area contributed by atoms with E-state index in [-0.39, 0.29) is 28.0 Å². The van der Waals surface area contributed by atoms with Crippen LogP contribution in [0.25, 0.3) is 0 Å². The van der Waals surface area contributed by atoms with E-state index in [0.29, 0.717) is 5.69 Å². The van der Waals surface area contributed by atoms with Crippen molar-refractivity contribution < 1.29 is 15.3 Å². The summed E-state index contributed by atoms with van der Waals surface area (Å²) in [6.07, 6.45) is 0. The molecule has 2 heterocycles. The largest absolute Gasteiger partial charge is 0.493 e. The van der Waals surface area contributed by atoms with Gasteiger partial charge in [-0.2, -0.15) is 15.0 Å². The number of hydrogen-bond acceptors (Lipinski definition) is 10. The second kappa shape index (κ2) is 6.21. The third-order valence-electron chi connectivity index (χ3n) is 1.51. The summed E-state index contributed by atoms with van der Waals surface area (Å²) in [7, 11) is 0. The van der Waals surface area contributed by atoms with E-state index in [0.717, 1.165) is 6.07 Å². The Balaban J connectivity index is 0.000000180. The van der Waals surface area contributed by atoms with Gasteiger partial charge in [-0.25, -0.2) is 0 Å². The third kappa shape index (κ3) is 4.59. The van der Waals surface area contributed by atoms with Crippen LogP contribution in [0.15, 0.2) is 16.4 Å². The van der Waals surface area contributed by atoms with E-state index in [2.05, 4.69) is 50.4 Å². The van der Waals surface area contributed by atoms with Gasteiger partial charge in [-0.05, 0) is 6.92 Å². The van der Waals surface area contributed by atoms with Crippen molar-refractivity contribution in [3.05, 3.63) is 11.8 Å². The topological polar surface area (TPSA) is 125 Å². The van der Waals surface area contributed by atoms with Crippen LogP contribution in [0.2, 0.25) is 0 Å². The summed E-state index contributed by atoms with van der Waals surface area (Å²) in [4.78, 5) is 10.3. The Morgan fingerprint density at radius 3 is 1.83 bits per heavy atom. The number of nitrogens with zero attached hydrogens (tertiary/aromatic N) is 5. The Kier molecular flexibility index (Phi) is 4.92. The molecule has 0 amide bonds. The summed E-state index contributed by atoms with van der Waals surface area (Å²) >= 11 is 7.44. The Morgan fingerprint density at radius 1 is 0.889 bits per heavy atom. The van der Waals surface area contributed by atoms with Crippen molar-refractivity contribution in [3.63, 3.8) is 0 Å². The molecule has 0 aliphatic carbocycles. The van der Waals surface area contributed by atoms with Gasteiger partial charge in [-0.15, -0.1) is 35.5 Å². The van der Waals surface area contributed by atoms with Crippen LogP contribution in [0.5, 0.6) is 17.6 Å².